The Balaban J connectivity index is 2.07. The summed E-state index contributed by atoms with van der Waals surface area (Å²) in [5, 5.41) is 0. The van der Waals surface area contributed by atoms with Crippen molar-refractivity contribution in [2.24, 2.45) is 23.7 Å². The van der Waals surface area contributed by atoms with Crippen molar-refractivity contribution in [2.75, 3.05) is 7.05 Å². The number of likely N-dealkylation sites (tertiary alicyclic amines) is 1. The lowest BCUT2D eigenvalue weighted by atomic mass is 9.69. The van der Waals surface area contributed by atoms with Crippen molar-refractivity contribution in [3.05, 3.63) is 35.9 Å². The number of carbonyl (C=O) groups is 4. The van der Waals surface area contributed by atoms with Gasteiger partial charge >= 0.3 is 11.9 Å². The maximum absolute atomic E-state index is 13.0. The van der Waals surface area contributed by atoms with E-state index in [-0.39, 0.29) is 11.8 Å². The van der Waals surface area contributed by atoms with Crippen molar-refractivity contribution in [3.63, 3.8) is 0 Å². The Bertz CT molecular complexity index is 759. The second kappa shape index (κ2) is 7.62. The van der Waals surface area contributed by atoms with E-state index < -0.39 is 41.5 Å². The molecular formula is C21H25NO5. The van der Waals surface area contributed by atoms with Crippen LogP contribution >= 0.6 is 0 Å². The van der Waals surface area contributed by atoms with Gasteiger partial charge in [0, 0.05) is 7.05 Å². The van der Waals surface area contributed by atoms with E-state index in [0.29, 0.717) is 12.8 Å². The Morgan fingerprint density at radius 2 is 1.63 bits per heavy atom. The Kier molecular flexibility index (Phi) is 5.44. The second-order valence-corrected chi connectivity index (χ2v) is 7.37. The van der Waals surface area contributed by atoms with Gasteiger partial charge in [-0.15, -0.1) is 0 Å². The Morgan fingerprint density at radius 3 is 2.22 bits per heavy atom. The third kappa shape index (κ3) is 3.17. The van der Waals surface area contributed by atoms with Gasteiger partial charge < -0.3 is 4.74 Å². The third-order valence-corrected chi connectivity index (χ3v) is 5.92. The summed E-state index contributed by atoms with van der Waals surface area (Å²) in [5.41, 5.74) is 0.969. The Morgan fingerprint density at radius 1 is 0.963 bits per heavy atom. The minimum atomic E-state index is -0.892. The molecule has 5 atom stereocenters. The highest BCUT2D eigenvalue weighted by molar-refractivity contribution is 6.09. The monoisotopic (exact) mass is 371 g/mol. The largest absolute Gasteiger partial charge is 0.393 e. The first-order valence-electron chi connectivity index (χ1n) is 9.54. The van der Waals surface area contributed by atoms with Crippen LogP contribution in [0.15, 0.2) is 30.3 Å². The molecule has 0 radical (unpaired) electrons. The first-order valence-corrected chi connectivity index (χ1v) is 9.54. The van der Waals surface area contributed by atoms with E-state index in [4.69, 9.17) is 4.74 Å². The fourth-order valence-electron chi connectivity index (χ4n) is 4.60. The molecule has 0 aliphatic carbocycles. The van der Waals surface area contributed by atoms with Crippen LogP contribution in [-0.2, 0) is 23.9 Å². The lowest BCUT2D eigenvalue weighted by Crippen LogP contribution is -2.36. The number of hydrogen-bond donors (Lipinski definition) is 0. The fraction of sp³-hybridized carbons (Fsp3) is 0.524. The highest BCUT2D eigenvalue weighted by Crippen LogP contribution is 2.47. The average Bonchev–Trinajstić information content (AvgIpc) is 3.07. The normalized spacial score (nSPS) is 29.4. The summed E-state index contributed by atoms with van der Waals surface area (Å²) >= 11 is 0. The number of hydrogen-bond acceptors (Lipinski definition) is 5. The van der Waals surface area contributed by atoms with Crippen LogP contribution in [0.25, 0.3) is 0 Å². The average molecular weight is 371 g/mol. The van der Waals surface area contributed by atoms with E-state index in [0.717, 1.165) is 16.9 Å². The predicted molar refractivity (Wildman–Crippen MR) is 97.2 cm³/mol. The SMILES string of the molecule is CCCC(c1ccccc1)C1C(=O)N(C)C(=O)C1C1C(=O)OC(=O)C1CC. The highest BCUT2D eigenvalue weighted by Gasteiger charge is 2.59. The Hall–Kier alpha value is -2.50. The molecule has 6 heteroatoms. The van der Waals surface area contributed by atoms with Crippen LogP contribution in [0.4, 0.5) is 0 Å². The van der Waals surface area contributed by atoms with Crippen LogP contribution in [0.1, 0.15) is 44.6 Å². The van der Waals surface area contributed by atoms with E-state index in [2.05, 4.69) is 0 Å². The van der Waals surface area contributed by atoms with Gasteiger partial charge in [-0.1, -0.05) is 50.6 Å². The molecule has 3 rings (SSSR count). The van der Waals surface area contributed by atoms with Gasteiger partial charge in [-0.2, -0.15) is 0 Å². The summed E-state index contributed by atoms with van der Waals surface area (Å²) in [4.78, 5) is 51.6. The summed E-state index contributed by atoms with van der Waals surface area (Å²) in [7, 11) is 1.45. The van der Waals surface area contributed by atoms with Crippen LogP contribution in [0, 0.1) is 23.7 Å². The number of carbonyl (C=O) groups excluding carboxylic acids is 4. The zero-order valence-electron chi connectivity index (χ0n) is 15.9. The van der Waals surface area contributed by atoms with Crippen molar-refractivity contribution in [1.29, 1.82) is 0 Å². The molecular weight excluding hydrogens is 346 g/mol. The number of amides is 2. The molecule has 0 aromatic heterocycles. The molecule has 0 spiro atoms. The molecule has 1 aromatic rings. The zero-order valence-corrected chi connectivity index (χ0v) is 15.9. The van der Waals surface area contributed by atoms with Gasteiger partial charge in [0.05, 0.1) is 23.7 Å². The number of esters is 2. The molecule has 6 nitrogen and oxygen atoms in total. The molecule has 2 saturated heterocycles. The van der Waals surface area contributed by atoms with Crippen LogP contribution in [0.5, 0.6) is 0 Å². The van der Waals surface area contributed by atoms with Gasteiger partial charge in [0.15, 0.2) is 0 Å². The number of benzene rings is 1. The van der Waals surface area contributed by atoms with Crippen LogP contribution in [0.3, 0.4) is 0 Å². The molecule has 2 fully saturated rings. The van der Waals surface area contributed by atoms with Gasteiger partial charge in [0.25, 0.3) is 0 Å². The molecule has 1 aromatic carbocycles. The quantitative estimate of drug-likeness (QED) is 0.436. The van der Waals surface area contributed by atoms with Crippen molar-refractivity contribution >= 4 is 23.8 Å². The maximum atomic E-state index is 13.0. The van der Waals surface area contributed by atoms with Gasteiger partial charge in [0.2, 0.25) is 11.8 Å². The standard InChI is InChI=1S/C21H25NO5/c1-4-9-14(12-10-7-6-8-11-12)15-17(19(24)22(3)18(15)23)16-13(5-2)20(25)27-21(16)26/h6-8,10-11,13-17H,4-5,9H2,1-3H3. The van der Waals surface area contributed by atoms with E-state index in [1.165, 1.54) is 7.05 Å². The van der Waals surface area contributed by atoms with Crippen LogP contribution in [0.2, 0.25) is 0 Å². The van der Waals surface area contributed by atoms with E-state index in [1.807, 2.05) is 37.3 Å². The van der Waals surface area contributed by atoms with E-state index in [9.17, 15) is 19.2 Å². The van der Waals surface area contributed by atoms with Crippen LogP contribution in [-0.4, -0.2) is 35.7 Å². The predicted octanol–water partition coefficient (Wildman–Crippen LogP) is 2.53. The fourth-order valence-corrected chi connectivity index (χ4v) is 4.60. The van der Waals surface area contributed by atoms with Crippen molar-refractivity contribution in [2.45, 2.75) is 39.0 Å². The van der Waals surface area contributed by atoms with Gasteiger partial charge in [-0.25, -0.2) is 0 Å². The minimum Gasteiger partial charge on any atom is -0.393 e. The number of ether oxygens (including phenoxy) is 1. The molecule has 2 heterocycles. The molecule has 2 aliphatic heterocycles. The Labute approximate surface area is 158 Å². The summed E-state index contributed by atoms with van der Waals surface area (Å²) in [6, 6.07) is 9.60. The lowest BCUT2D eigenvalue weighted by Gasteiger charge is -2.29. The molecule has 0 bridgehead atoms. The van der Waals surface area contributed by atoms with Gasteiger partial charge in [-0.3, -0.25) is 24.1 Å². The van der Waals surface area contributed by atoms with E-state index >= 15 is 0 Å². The van der Waals surface area contributed by atoms with Crippen molar-refractivity contribution < 1.29 is 23.9 Å². The van der Waals surface area contributed by atoms with Crippen molar-refractivity contribution in [3.8, 4) is 0 Å². The first kappa shape index (κ1) is 19.3. The molecule has 0 saturated carbocycles. The zero-order chi connectivity index (χ0) is 19.7. The number of imide groups is 1. The summed E-state index contributed by atoms with van der Waals surface area (Å²) in [5.74, 6) is -5.22. The smallest absolute Gasteiger partial charge is 0.318 e. The topological polar surface area (TPSA) is 80.8 Å². The lowest BCUT2D eigenvalue weighted by molar-refractivity contribution is -0.155. The third-order valence-electron chi connectivity index (χ3n) is 5.92. The van der Waals surface area contributed by atoms with Gasteiger partial charge in [0.1, 0.15) is 0 Å². The minimum absolute atomic E-state index is 0.191. The summed E-state index contributed by atoms with van der Waals surface area (Å²) in [6.07, 6.45) is 1.94. The number of nitrogens with zero attached hydrogens (tertiary/aromatic N) is 1. The molecule has 2 amide bonds. The summed E-state index contributed by atoms with van der Waals surface area (Å²) in [6.45, 7) is 3.82. The van der Waals surface area contributed by atoms with Crippen molar-refractivity contribution in [1.82, 2.24) is 4.90 Å². The first-order chi connectivity index (χ1) is 12.9. The molecule has 2 aliphatic rings. The van der Waals surface area contributed by atoms with Crippen LogP contribution < -0.4 is 0 Å². The number of cyclic esters (lactones) is 2. The number of rotatable bonds is 6. The summed E-state index contributed by atoms with van der Waals surface area (Å²) < 4.78 is 4.84. The second-order valence-electron chi connectivity index (χ2n) is 7.37. The maximum Gasteiger partial charge on any atom is 0.318 e. The van der Waals surface area contributed by atoms with Gasteiger partial charge in [-0.05, 0) is 24.3 Å². The highest BCUT2D eigenvalue weighted by atomic mass is 16.6. The molecule has 5 unspecified atom stereocenters. The molecule has 27 heavy (non-hydrogen) atoms. The van der Waals surface area contributed by atoms with E-state index in [1.54, 1.807) is 6.92 Å². The molecule has 0 N–H and O–H groups in total. The molecule has 144 valence electrons.